The molecular weight excluding hydrogens is 930 g/mol. The van der Waals surface area contributed by atoms with Crippen LogP contribution >= 0.6 is 0 Å². The molecule has 0 saturated carbocycles. The van der Waals surface area contributed by atoms with E-state index in [0.29, 0.717) is 0 Å². The Morgan fingerprint density at radius 1 is 0.551 bits per heavy atom. The van der Waals surface area contributed by atoms with Gasteiger partial charge in [-0.25, -0.2) is 0 Å². The number of amides is 2. The summed E-state index contributed by atoms with van der Waals surface area (Å²) in [6.45, 7) is 9.96. The van der Waals surface area contributed by atoms with Crippen LogP contribution in [0.5, 0.6) is 0 Å². The molecule has 0 bridgehead atoms. The Balaban J connectivity index is 2.25. The van der Waals surface area contributed by atoms with E-state index < -0.39 is 146 Å². The maximum absolute atomic E-state index is 13.2. The highest BCUT2D eigenvalue weighted by atomic mass is 16.8. The molecule has 0 unspecified atom stereocenters. The van der Waals surface area contributed by atoms with Crippen LogP contribution < -0.4 is 11.1 Å². The second kappa shape index (κ2) is 29.4. The van der Waals surface area contributed by atoms with Gasteiger partial charge in [-0.15, -0.1) is 0 Å². The number of nitrogens with one attached hydrogen (secondary N) is 1. The predicted octanol–water partition coefficient (Wildman–Crippen LogP) is -2.10. The summed E-state index contributed by atoms with van der Waals surface area (Å²) in [6, 6.07) is 0. The van der Waals surface area contributed by atoms with E-state index >= 15 is 0 Å². The number of nitrogens with two attached hydrogens (primary N) is 1. The van der Waals surface area contributed by atoms with Crippen molar-refractivity contribution in [2.45, 2.75) is 136 Å². The molecule has 2 aliphatic rings. The van der Waals surface area contributed by atoms with E-state index in [0.717, 1.165) is 48.5 Å². The van der Waals surface area contributed by atoms with Crippen molar-refractivity contribution in [3.8, 4) is 0 Å². The van der Waals surface area contributed by atoms with Crippen molar-refractivity contribution in [2.24, 2.45) is 5.73 Å². The third-order valence-corrected chi connectivity index (χ3v) is 8.98. The summed E-state index contributed by atoms with van der Waals surface area (Å²) in [7, 11) is 0. The molecule has 2 amide bonds. The van der Waals surface area contributed by atoms with Crippen molar-refractivity contribution in [1.82, 2.24) is 10.2 Å². The van der Waals surface area contributed by atoms with Gasteiger partial charge in [-0.3, -0.25) is 47.9 Å². The molecule has 0 radical (unpaired) electrons. The molecule has 27 heteroatoms. The van der Waals surface area contributed by atoms with E-state index in [2.05, 4.69) is 5.32 Å². The van der Waals surface area contributed by atoms with Crippen molar-refractivity contribution in [3.05, 3.63) is 0 Å². The fourth-order valence-electron chi connectivity index (χ4n) is 6.56. The third-order valence-electron chi connectivity index (χ3n) is 8.98. The number of hydrogen-bond acceptors (Lipinski definition) is 25. The van der Waals surface area contributed by atoms with Crippen LogP contribution in [0.4, 0.5) is 0 Å². The quantitative estimate of drug-likeness (QED) is 0.0532. The van der Waals surface area contributed by atoms with E-state index in [1.807, 2.05) is 0 Å². The molecule has 0 aromatic heterocycles. The maximum Gasteiger partial charge on any atom is 0.326 e. The molecule has 3 N–H and O–H groups in total. The van der Waals surface area contributed by atoms with Gasteiger partial charge in [0.05, 0.1) is 39.6 Å². The van der Waals surface area contributed by atoms with Gasteiger partial charge >= 0.3 is 47.8 Å². The molecule has 69 heavy (non-hydrogen) atoms. The van der Waals surface area contributed by atoms with Crippen LogP contribution in [0.15, 0.2) is 0 Å². The first-order chi connectivity index (χ1) is 32.3. The Morgan fingerprint density at radius 3 is 1.49 bits per heavy atom. The van der Waals surface area contributed by atoms with Crippen molar-refractivity contribution in [1.29, 1.82) is 0 Å². The van der Waals surface area contributed by atoms with Gasteiger partial charge in [0.15, 0.2) is 43.0 Å². The molecular formula is C42H65N3O24. The lowest BCUT2D eigenvalue weighted by Gasteiger charge is -2.48. The van der Waals surface area contributed by atoms with Gasteiger partial charge in [0.2, 0.25) is 11.8 Å². The number of nitrogens with zero attached hydrogens (tertiary/aromatic N) is 1. The predicted molar refractivity (Wildman–Crippen MR) is 225 cm³/mol. The minimum atomic E-state index is -1.89. The molecule has 392 valence electrons. The molecule has 2 rings (SSSR count). The molecule has 10 atom stereocenters. The Kier molecular flexibility index (Phi) is 25.4. The first-order valence-electron chi connectivity index (χ1n) is 21.6. The SMILES string of the molecule is CC(=O)OC[C@H]1O[C@@H](O[C@H]2[C@H](OC(C)=O)[C@@H](OC(C)=O)[C@H](NC(=O)COCCOCCOCCN(CC(=O)OC(C)(C)C)C(=O)CN)O[C@@H]2COC(C)=O)[C@H](OC(C)=O)[C@@H](OC(C)=O)[C@H]1OC(C)=O. The Morgan fingerprint density at radius 2 is 1.00 bits per heavy atom. The van der Waals surface area contributed by atoms with E-state index in [1.54, 1.807) is 20.8 Å². The monoisotopic (exact) mass is 995 g/mol. The maximum atomic E-state index is 13.2. The molecule has 0 aromatic rings. The van der Waals surface area contributed by atoms with Crippen LogP contribution in [-0.2, 0) is 114 Å². The normalized spacial score (nSPS) is 24.3. The first kappa shape index (κ1) is 59.5. The number of carbonyl (C=O) groups excluding carboxylic acids is 10. The zero-order chi connectivity index (χ0) is 52.0. The van der Waals surface area contributed by atoms with Crippen LogP contribution in [0.3, 0.4) is 0 Å². The summed E-state index contributed by atoms with van der Waals surface area (Å²) in [5.41, 5.74) is 4.73. The standard InChI is InChI=1S/C42H65N3O24/c1-22(46)59-19-29-35(68-41-39(65-28(7)52)37(63-26(5)50)34(61-24(3)48)30(67-41)20-60-23(2)47)36(62-25(4)49)38(64-27(6)51)40(66-29)44-31(53)21-58-16-15-57-14-13-56-12-11-45(32(54)17-43)18-33(55)69-42(8,9)10/h29-30,34-41H,11-21,43H2,1-10H3,(H,44,53)/t29-,30-,34+,35-,36+,37+,38-,39-,40-,41+/m1/s1. The molecule has 0 aliphatic carbocycles. The van der Waals surface area contributed by atoms with Crippen LogP contribution in [0, 0.1) is 0 Å². The number of hydrogen-bond donors (Lipinski definition) is 2. The van der Waals surface area contributed by atoms with Gasteiger partial charge in [-0.2, -0.15) is 0 Å². The van der Waals surface area contributed by atoms with Crippen molar-refractivity contribution in [2.75, 3.05) is 72.5 Å². The number of carbonyl (C=O) groups is 10. The highest BCUT2D eigenvalue weighted by molar-refractivity contribution is 5.83. The van der Waals surface area contributed by atoms with Crippen LogP contribution in [0.25, 0.3) is 0 Å². The highest BCUT2D eigenvalue weighted by Crippen LogP contribution is 2.35. The zero-order valence-corrected chi connectivity index (χ0v) is 40.4. The fourth-order valence-corrected chi connectivity index (χ4v) is 6.56. The molecule has 27 nitrogen and oxygen atoms in total. The number of rotatable bonds is 26. The molecule has 2 heterocycles. The van der Waals surface area contributed by atoms with Gasteiger partial charge < -0.3 is 82.3 Å². The van der Waals surface area contributed by atoms with E-state index in [9.17, 15) is 47.9 Å². The average molecular weight is 996 g/mol. The topological polar surface area (TPSA) is 341 Å². The lowest BCUT2D eigenvalue weighted by Crippen LogP contribution is -2.69. The molecule has 2 aliphatic heterocycles. The van der Waals surface area contributed by atoms with Gasteiger partial charge in [-0.1, -0.05) is 0 Å². The Hall–Kier alpha value is -5.58. The third kappa shape index (κ3) is 22.6. The summed E-state index contributed by atoms with van der Waals surface area (Å²) >= 11 is 0. The van der Waals surface area contributed by atoms with Crippen LogP contribution in [-0.4, -0.2) is 204 Å². The second-order valence-corrected chi connectivity index (χ2v) is 16.2. The van der Waals surface area contributed by atoms with E-state index in [4.69, 9.17) is 72.0 Å². The smallest absolute Gasteiger partial charge is 0.326 e. The summed E-state index contributed by atoms with van der Waals surface area (Å²) in [5.74, 6) is -8.26. The van der Waals surface area contributed by atoms with E-state index in [-0.39, 0.29) is 52.7 Å². The second-order valence-electron chi connectivity index (χ2n) is 16.2. The summed E-state index contributed by atoms with van der Waals surface area (Å²) in [6.07, 6.45) is -16.8. The molecule has 2 fully saturated rings. The lowest BCUT2D eigenvalue weighted by atomic mass is 9.95. The summed E-state index contributed by atoms with van der Waals surface area (Å²) in [4.78, 5) is 125. The van der Waals surface area contributed by atoms with E-state index in [1.165, 1.54) is 4.90 Å². The first-order valence-corrected chi connectivity index (χ1v) is 21.6. The molecule has 0 spiro atoms. The molecule has 0 aromatic carbocycles. The van der Waals surface area contributed by atoms with Gasteiger partial charge in [0.1, 0.15) is 50.3 Å². The van der Waals surface area contributed by atoms with Crippen LogP contribution in [0.1, 0.15) is 69.2 Å². The average Bonchev–Trinajstić information content (AvgIpc) is 3.21. The lowest BCUT2D eigenvalue weighted by molar-refractivity contribution is -0.345. The van der Waals surface area contributed by atoms with Crippen molar-refractivity contribution >= 4 is 59.6 Å². The van der Waals surface area contributed by atoms with Gasteiger partial charge in [0, 0.05) is 55.0 Å². The zero-order valence-electron chi connectivity index (χ0n) is 40.4. The Labute approximate surface area is 398 Å². The minimum absolute atomic E-state index is 0.000317. The number of ether oxygens (including phenoxy) is 14. The Bertz CT molecular complexity index is 1770. The largest absolute Gasteiger partial charge is 0.463 e. The summed E-state index contributed by atoms with van der Waals surface area (Å²) in [5, 5.41) is 2.48. The van der Waals surface area contributed by atoms with Gasteiger partial charge in [-0.05, 0) is 20.8 Å². The minimum Gasteiger partial charge on any atom is -0.463 e. The molecule has 2 saturated heterocycles. The highest BCUT2D eigenvalue weighted by Gasteiger charge is 2.57. The van der Waals surface area contributed by atoms with Crippen molar-refractivity contribution < 1.29 is 114 Å². The number of esters is 8. The fraction of sp³-hybridized carbons (Fsp3) is 0.762. The van der Waals surface area contributed by atoms with Crippen molar-refractivity contribution in [3.63, 3.8) is 0 Å². The van der Waals surface area contributed by atoms with Gasteiger partial charge in [0.25, 0.3) is 0 Å². The van der Waals surface area contributed by atoms with Crippen LogP contribution in [0.2, 0.25) is 0 Å². The summed E-state index contributed by atoms with van der Waals surface area (Å²) < 4.78 is 77.9.